The van der Waals surface area contributed by atoms with Gasteiger partial charge in [0.25, 0.3) is 0 Å². The van der Waals surface area contributed by atoms with Crippen LogP contribution in [-0.2, 0) is 11.3 Å². The van der Waals surface area contributed by atoms with Gasteiger partial charge in [-0.15, -0.1) is 0 Å². The van der Waals surface area contributed by atoms with Gasteiger partial charge in [-0.1, -0.05) is 42.5 Å². The Morgan fingerprint density at radius 3 is 2.52 bits per heavy atom. The van der Waals surface area contributed by atoms with Crippen molar-refractivity contribution in [3.05, 3.63) is 102 Å². The van der Waals surface area contributed by atoms with E-state index in [9.17, 15) is 5.26 Å². The quantitative estimate of drug-likeness (QED) is 0.125. The van der Waals surface area contributed by atoms with E-state index < -0.39 is 0 Å². The molecule has 6 rings (SSSR count). The fraction of sp³-hybridized carbons (Fsp3) is 0.229. The third-order valence-corrected chi connectivity index (χ3v) is 7.83. The summed E-state index contributed by atoms with van der Waals surface area (Å²) in [5.41, 5.74) is 13.4. The van der Waals surface area contributed by atoms with Crippen LogP contribution in [0.3, 0.4) is 0 Å². The fourth-order valence-corrected chi connectivity index (χ4v) is 5.52. The number of allylic oxidation sites excluding steroid dienone is 1. The predicted molar refractivity (Wildman–Crippen MR) is 174 cm³/mol. The summed E-state index contributed by atoms with van der Waals surface area (Å²) >= 11 is 0. The summed E-state index contributed by atoms with van der Waals surface area (Å²) in [6.07, 6.45) is 7.05. The van der Waals surface area contributed by atoms with Gasteiger partial charge in [0.1, 0.15) is 23.5 Å². The van der Waals surface area contributed by atoms with Crippen LogP contribution in [0.25, 0.3) is 39.4 Å². The first-order valence-electron chi connectivity index (χ1n) is 14.8. The molecular formula is C35H34N8O. The molecule has 0 unspecified atom stereocenters. The highest BCUT2D eigenvalue weighted by Gasteiger charge is 2.23. The number of ether oxygens (including phenoxy) is 1. The number of hydrogen-bond acceptors (Lipinski definition) is 8. The number of imidazole rings is 1. The number of benzene rings is 2. The standard InChI is InChI=1S/C35H34N8O/c1-3-38-35(24(2)21-36)44-29-15-18-42(19-16-29)23-25-11-13-28(14-12-25)43-33(30-10-7-17-39-32(30)37)41-31-20-27(22-40-34(31)43)26-8-5-4-6-9-26/h3-14,17,20,22,29H,15-16,18-19,23H2,1-2H3,(H2,37,39)/b35-24-,38-3-. The molecule has 5 aromatic rings. The van der Waals surface area contributed by atoms with Gasteiger partial charge in [-0.3, -0.25) is 9.47 Å². The summed E-state index contributed by atoms with van der Waals surface area (Å²) < 4.78 is 8.12. The number of aromatic nitrogens is 4. The lowest BCUT2D eigenvalue weighted by Crippen LogP contribution is -2.36. The van der Waals surface area contributed by atoms with Gasteiger partial charge < -0.3 is 10.5 Å². The van der Waals surface area contributed by atoms with E-state index in [0.29, 0.717) is 23.1 Å². The molecule has 9 heteroatoms. The zero-order valence-electron chi connectivity index (χ0n) is 24.9. The number of rotatable bonds is 8. The van der Waals surface area contributed by atoms with Gasteiger partial charge >= 0.3 is 0 Å². The topological polar surface area (TPSA) is 118 Å². The second-order valence-electron chi connectivity index (χ2n) is 10.8. The number of aliphatic imine (C=N–C) groups is 1. The van der Waals surface area contributed by atoms with Crippen molar-refractivity contribution in [1.82, 2.24) is 24.4 Å². The predicted octanol–water partition coefficient (Wildman–Crippen LogP) is 6.56. The molecule has 0 bridgehead atoms. The lowest BCUT2D eigenvalue weighted by molar-refractivity contribution is 0.0461. The summed E-state index contributed by atoms with van der Waals surface area (Å²) in [5.74, 6) is 1.54. The average molecular weight is 583 g/mol. The normalized spacial score (nSPS) is 14.9. The van der Waals surface area contributed by atoms with Crippen LogP contribution in [0.15, 0.2) is 102 Å². The van der Waals surface area contributed by atoms with Gasteiger partial charge in [-0.25, -0.2) is 19.9 Å². The number of anilines is 1. The van der Waals surface area contributed by atoms with E-state index in [-0.39, 0.29) is 6.10 Å². The second-order valence-corrected chi connectivity index (χ2v) is 10.8. The van der Waals surface area contributed by atoms with Crippen LogP contribution in [-0.4, -0.2) is 49.8 Å². The minimum absolute atomic E-state index is 0.0541. The third kappa shape index (κ3) is 6.07. The van der Waals surface area contributed by atoms with Crippen LogP contribution >= 0.6 is 0 Å². The summed E-state index contributed by atoms with van der Waals surface area (Å²) in [4.78, 5) is 20.9. The van der Waals surface area contributed by atoms with Crippen molar-refractivity contribution in [1.29, 1.82) is 5.26 Å². The van der Waals surface area contributed by atoms with E-state index in [0.717, 1.165) is 66.0 Å². The molecule has 0 atom stereocenters. The Bertz CT molecular complexity index is 1860. The molecule has 0 saturated carbocycles. The number of hydrogen-bond donors (Lipinski definition) is 1. The van der Waals surface area contributed by atoms with E-state index in [1.165, 1.54) is 5.56 Å². The number of fused-ring (bicyclic) bond motifs is 1. The molecule has 1 aliphatic rings. The maximum absolute atomic E-state index is 9.25. The molecular weight excluding hydrogens is 548 g/mol. The highest BCUT2D eigenvalue weighted by Crippen LogP contribution is 2.32. The van der Waals surface area contributed by atoms with Crippen molar-refractivity contribution in [3.8, 4) is 34.3 Å². The molecule has 220 valence electrons. The zero-order valence-corrected chi connectivity index (χ0v) is 24.9. The molecule has 3 aromatic heterocycles. The number of likely N-dealkylation sites (tertiary alicyclic amines) is 1. The zero-order chi connectivity index (χ0) is 30.5. The lowest BCUT2D eigenvalue weighted by atomic mass is 10.1. The van der Waals surface area contributed by atoms with Crippen molar-refractivity contribution in [2.75, 3.05) is 18.8 Å². The van der Waals surface area contributed by atoms with Crippen LogP contribution in [0.1, 0.15) is 32.3 Å². The molecule has 0 amide bonds. The van der Waals surface area contributed by atoms with Crippen molar-refractivity contribution in [2.45, 2.75) is 39.3 Å². The Balaban J connectivity index is 1.23. The molecule has 1 fully saturated rings. The number of nitrogens with zero attached hydrogens (tertiary/aromatic N) is 7. The van der Waals surface area contributed by atoms with Gasteiger partial charge in [0.2, 0.25) is 5.88 Å². The van der Waals surface area contributed by atoms with Crippen molar-refractivity contribution in [2.24, 2.45) is 4.99 Å². The highest BCUT2D eigenvalue weighted by molar-refractivity contribution is 5.85. The van der Waals surface area contributed by atoms with E-state index in [2.05, 4.69) is 68.0 Å². The Hall–Kier alpha value is -5.33. The molecule has 0 aliphatic carbocycles. The molecule has 1 aliphatic heterocycles. The maximum Gasteiger partial charge on any atom is 0.226 e. The number of nitrogens with two attached hydrogens (primary N) is 1. The van der Waals surface area contributed by atoms with E-state index >= 15 is 0 Å². The fourth-order valence-electron chi connectivity index (χ4n) is 5.52. The van der Waals surface area contributed by atoms with E-state index in [1.54, 1.807) is 19.3 Å². The average Bonchev–Trinajstić information content (AvgIpc) is 3.44. The first kappa shape index (κ1) is 28.8. The highest BCUT2D eigenvalue weighted by atomic mass is 16.5. The SMILES string of the molecule is C/C=N\C(OC1CCN(Cc2ccc(-n3c(-c4cccnc4N)nc4cc(-c5ccccc5)cnc43)cc2)CC1)=C(/C)C#N. The largest absolute Gasteiger partial charge is 0.474 e. The molecule has 2 aromatic carbocycles. The van der Waals surface area contributed by atoms with Crippen LogP contribution < -0.4 is 5.73 Å². The Morgan fingerprint density at radius 1 is 1.05 bits per heavy atom. The molecule has 44 heavy (non-hydrogen) atoms. The van der Waals surface area contributed by atoms with Crippen LogP contribution in [0.2, 0.25) is 0 Å². The van der Waals surface area contributed by atoms with Crippen molar-refractivity contribution < 1.29 is 4.74 Å². The lowest BCUT2D eigenvalue weighted by Gasteiger charge is -2.32. The van der Waals surface area contributed by atoms with Gasteiger partial charge in [-0.05, 0) is 68.1 Å². The molecule has 9 nitrogen and oxygen atoms in total. The summed E-state index contributed by atoms with van der Waals surface area (Å²) in [6.45, 7) is 6.22. The van der Waals surface area contributed by atoms with Crippen molar-refractivity contribution >= 4 is 23.2 Å². The summed E-state index contributed by atoms with van der Waals surface area (Å²) in [5, 5.41) is 9.25. The van der Waals surface area contributed by atoms with E-state index in [4.69, 9.17) is 20.4 Å². The van der Waals surface area contributed by atoms with Crippen molar-refractivity contribution in [3.63, 3.8) is 0 Å². The molecule has 4 heterocycles. The smallest absolute Gasteiger partial charge is 0.226 e. The van der Waals surface area contributed by atoms with Crippen LogP contribution in [0.5, 0.6) is 0 Å². The number of piperidine rings is 1. The maximum atomic E-state index is 9.25. The molecule has 2 N–H and O–H groups in total. The van der Waals surface area contributed by atoms with Crippen LogP contribution in [0, 0.1) is 11.3 Å². The molecule has 0 radical (unpaired) electrons. The van der Waals surface area contributed by atoms with Crippen LogP contribution in [0.4, 0.5) is 5.82 Å². The molecule has 0 spiro atoms. The Morgan fingerprint density at radius 2 is 1.82 bits per heavy atom. The molecule has 1 saturated heterocycles. The Kier molecular flexibility index (Phi) is 8.43. The van der Waals surface area contributed by atoms with Gasteiger partial charge in [0.15, 0.2) is 11.5 Å². The summed E-state index contributed by atoms with van der Waals surface area (Å²) in [7, 11) is 0. The summed E-state index contributed by atoms with van der Waals surface area (Å²) in [6, 6.07) is 26.7. The third-order valence-electron chi connectivity index (χ3n) is 7.83. The number of nitrogen functional groups attached to an aromatic ring is 1. The van der Waals surface area contributed by atoms with Gasteiger partial charge in [-0.2, -0.15) is 5.26 Å². The monoisotopic (exact) mass is 582 g/mol. The number of nitriles is 1. The van der Waals surface area contributed by atoms with Gasteiger partial charge in [0.05, 0.1) is 11.1 Å². The second kappa shape index (κ2) is 12.9. The van der Waals surface area contributed by atoms with E-state index in [1.807, 2.05) is 43.5 Å². The minimum Gasteiger partial charge on any atom is -0.474 e. The first-order chi connectivity index (χ1) is 21.5. The Labute approximate surface area is 257 Å². The first-order valence-corrected chi connectivity index (χ1v) is 14.8. The number of pyridine rings is 2. The minimum atomic E-state index is 0.0541. The van der Waals surface area contributed by atoms with Gasteiger partial charge in [0, 0.05) is 49.5 Å².